The fourth-order valence-corrected chi connectivity index (χ4v) is 1.16. The van der Waals surface area contributed by atoms with Crippen LogP contribution < -0.4 is 29.6 Å². The molecule has 2 N–H and O–H groups in total. The molecule has 0 amide bonds. The Labute approximate surface area is 91.0 Å². The number of aromatic nitrogens is 2. The smallest absolute Gasteiger partial charge is 0.748 e. The van der Waals surface area contributed by atoms with Gasteiger partial charge in [-0.2, -0.15) is 5.10 Å². The van der Waals surface area contributed by atoms with Crippen molar-refractivity contribution in [2.45, 2.75) is 5.75 Å². The molecule has 6 nitrogen and oxygen atoms in total. The van der Waals surface area contributed by atoms with Crippen LogP contribution in [0.15, 0.2) is 6.20 Å². The van der Waals surface area contributed by atoms with Gasteiger partial charge < -0.3 is 9.66 Å². The number of hydrogen-bond donors (Lipinski definition) is 2. The van der Waals surface area contributed by atoms with Gasteiger partial charge in [0.1, 0.15) is 10.1 Å². The summed E-state index contributed by atoms with van der Waals surface area (Å²) in [5, 5.41) is 14.3. The van der Waals surface area contributed by atoms with Crippen LogP contribution in [-0.4, -0.2) is 28.3 Å². The van der Waals surface area contributed by atoms with Crippen LogP contribution in [0, 0.1) is 0 Å². The molecule has 1 heterocycles. The van der Waals surface area contributed by atoms with Crippen LogP contribution in [-0.2, 0) is 15.9 Å². The Bertz CT molecular complexity index is 346. The van der Waals surface area contributed by atoms with E-state index in [9.17, 15) is 13.0 Å². The minimum Gasteiger partial charge on any atom is -0.748 e. The van der Waals surface area contributed by atoms with Crippen molar-refractivity contribution in [1.82, 2.24) is 10.2 Å². The van der Waals surface area contributed by atoms with Crippen LogP contribution in [0.1, 0.15) is 5.69 Å². The molecule has 0 fully saturated rings. The van der Waals surface area contributed by atoms with Crippen molar-refractivity contribution in [2.24, 2.45) is 0 Å². The van der Waals surface area contributed by atoms with Crippen molar-refractivity contribution in [3.63, 3.8) is 0 Å². The molecule has 0 aromatic carbocycles. The van der Waals surface area contributed by atoms with E-state index in [1.54, 1.807) is 0 Å². The topological polar surface area (TPSA) is 106 Å². The van der Waals surface area contributed by atoms with E-state index in [1.807, 2.05) is 0 Å². The van der Waals surface area contributed by atoms with Crippen molar-refractivity contribution >= 4 is 10.1 Å². The zero-order chi connectivity index (χ0) is 8.48. The van der Waals surface area contributed by atoms with Gasteiger partial charge in [-0.15, -0.1) is 0 Å². The van der Waals surface area contributed by atoms with Crippen molar-refractivity contribution in [2.75, 3.05) is 0 Å². The Kier molecular flexibility index (Phi) is 4.21. The maximum atomic E-state index is 10.1. The van der Waals surface area contributed by atoms with Crippen molar-refractivity contribution < 1.29 is 47.6 Å². The second-order valence-corrected chi connectivity index (χ2v) is 3.34. The van der Waals surface area contributed by atoms with Crippen LogP contribution in [0.5, 0.6) is 5.75 Å². The Morgan fingerprint density at radius 1 is 1.67 bits per heavy atom. The minimum atomic E-state index is -4.35. The number of H-pyrrole nitrogens is 1. The van der Waals surface area contributed by atoms with Gasteiger partial charge in [0.05, 0.1) is 17.6 Å². The van der Waals surface area contributed by atoms with Crippen LogP contribution in [0.3, 0.4) is 0 Å². The molecular weight excluding hydrogens is 195 g/mol. The Morgan fingerprint density at radius 3 is 2.58 bits per heavy atom. The summed E-state index contributed by atoms with van der Waals surface area (Å²) in [6.07, 6.45) is 1.03. The summed E-state index contributed by atoms with van der Waals surface area (Å²) in [5.74, 6) is -1.08. The molecule has 0 saturated heterocycles. The molecular formula is C4H5N2NaO4S. The number of nitrogens with zero attached hydrogens (tertiary/aromatic N) is 1. The molecule has 12 heavy (non-hydrogen) atoms. The summed E-state index contributed by atoms with van der Waals surface area (Å²) in [7, 11) is -4.35. The molecule has 0 aliphatic heterocycles. The largest absolute Gasteiger partial charge is 1.00 e. The molecule has 1 aromatic heterocycles. The quantitative estimate of drug-likeness (QED) is 0.375. The third kappa shape index (κ3) is 3.55. The second kappa shape index (κ2) is 4.24. The Hall–Kier alpha value is -0.0800. The SMILES string of the molecule is O=S(=O)([O-])Cc1[nH]ncc1O.[Na+]. The van der Waals surface area contributed by atoms with Gasteiger partial charge in [0.25, 0.3) is 0 Å². The predicted octanol–water partition coefficient (Wildman–Crippen LogP) is -3.84. The predicted molar refractivity (Wildman–Crippen MR) is 33.7 cm³/mol. The molecule has 1 aromatic rings. The molecule has 0 spiro atoms. The molecule has 8 heteroatoms. The fourth-order valence-electron chi connectivity index (χ4n) is 0.590. The first-order valence-electron chi connectivity index (χ1n) is 2.64. The first kappa shape index (κ1) is 11.9. The monoisotopic (exact) mass is 200 g/mol. The van der Waals surface area contributed by atoms with Gasteiger partial charge in [-0.3, -0.25) is 5.10 Å². The first-order valence-corrected chi connectivity index (χ1v) is 4.21. The van der Waals surface area contributed by atoms with Gasteiger partial charge in [-0.25, -0.2) is 8.42 Å². The molecule has 0 bridgehead atoms. The van der Waals surface area contributed by atoms with E-state index < -0.39 is 15.9 Å². The summed E-state index contributed by atoms with van der Waals surface area (Å²) >= 11 is 0. The summed E-state index contributed by atoms with van der Waals surface area (Å²) < 4.78 is 30.4. The van der Waals surface area contributed by atoms with Crippen molar-refractivity contribution in [3.05, 3.63) is 11.9 Å². The van der Waals surface area contributed by atoms with Gasteiger partial charge >= 0.3 is 29.6 Å². The molecule has 0 saturated carbocycles. The number of aromatic amines is 1. The molecule has 0 aliphatic carbocycles. The van der Waals surface area contributed by atoms with E-state index in [1.165, 1.54) is 0 Å². The molecule has 0 atom stereocenters. The van der Waals surface area contributed by atoms with E-state index in [4.69, 9.17) is 5.11 Å². The van der Waals surface area contributed by atoms with Crippen LogP contribution in [0.4, 0.5) is 0 Å². The second-order valence-electron chi connectivity index (χ2n) is 1.94. The van der Waals surface area contributed by atoms with Crippen molar-refractivity contribution in [3.8, 4) is 5.75 Å². The van der Waals surface area contributed by atoms with Gasteiger partial charge in [0.2, 0.25) is 0 Å². The Balaban J connectivity index is 0.00000121. The number of nitrogens with one attached hydrogen (secondary N) is 1. The number of hydrogen-bond acceptors (Lipinski definition) is 5. The third-order valence-corrected chi connectivity index (χ3v) is 1.66. The van der Waals surface area contributed by atoms with Gasteiger partial charge in [0.15, 0.2) is 5.75 Å². The summed E-state index contributed by atoms with van der Waals surface area (Å²) in [6, 6.07) is 0. The fraction of sp³-hybridized carbons (Fsp3) is 0.250. The Morgan fingerprint density at radius 2 is 2.25 bits per heavy atom. The first-order chi connectivity index (χ1) is 4.99. The van der Waals surface area contributed by atoms with Gasteiger partial charge in [0, 0.05) is 0 Å². The van der Waals surface area contributed by atoms with Crippen LogP contribution in [0.2, 0.25) is 0 Å². The standard InChI is InChI=1S/C4H6N2O4S.Na/c7-4-1-5-6-3(4)2-11(8,9)10;/h1,7H,2H2,(H,5,6)(H,8,9,10);/q;+1/p-1. The average Bonchev–Trinajstić information content (AvgIpc) is 2.12. The summed E-state index contributed by atoms with van der Waals surface area (Å²) in [5.41, 5.74) is -0.0833. The zero-order valence-electron chi connectivity index (χ0n) is 6.31. The molecule has 0 radical (unpaired) electrons. The molecule has 62 valence electrons. The minimum absolute atomic E-state index is 0. The maximum Gasteiger partial charge on any atom is 1.00 e. The van der Waals surface area contributed by atoms with E-state index >= 15 is 0 Å². The maximum absolute atomic E-state index is 10.1. The van der Waals surface area contributed by atoms with Crippen LogP contribution in [0.25, 0.3) is 0 Å². The molecule has 0 aliphatic rings. The van der Waals surface area contributed by atoms with E-state index in [2.05, 4.69) is 10.2 Å². The van der Waals surface area contributed by atoms with E-state index in [-0.39, 0.29) is 41.0 Å². The summed E-state index contributed by atoms with van der Waals surface area (Å²) in [6.45, 7) is 0. The average molecular weight is 200 g/mol. The van der Waals surface area contributed by atoms with Gasteiger partial charge in [-0.1, -0.05) is 0 Å². The number of aromatic hydroxyl groups is 1. The third-order valence-electron chi connectivity index (χ3n) is 1.02. The molecule has 0 unspecified atom stereocenters. The van der Waals surface area contributed by atoms with Crippen molar-refractivity contribution in [1.29, 1.82) is 0 Å². The molecule has 1 rings (SSSR count). The number of rotatable bonds is 2. The van der Waals surface area contributed by atoms with E-state index in [0.29, 0.717) is 0 Å². The van der Waals surface area contributed by atoms with E-state index in [0.717, 1.165) is 6.20 Å². The summed E-state index contributed by atoms with van der Waals surface area (Å²) in [4.78, 5) is 0. The zero-order valence-corrected chi connectivity index (χ0v) is 9.13. The van der Waals surface area contributed by atoms with Gasteiger partial charge in [-0.05, 0) is 0 Å². The normalized spacial score (nSPS) is 10.8. The van der Waals surface area contributed by atoms with Crippen LogP contribution >= 0.6 is 0 Å².